The van der Waals surface area contributed by atoms with Crippen molar-refractivity contribution < 1.29 is 0 Å². The van der Waals surface area contributed by atoms with Crippen LogP contribution in [-0.2, 0) is 6.42 Å². The molecular formula is C20H34N4. The number of benzene rings is 1. The van der Waals surface area contributed by atoms with Crippen LogP contribution >= 0.6 is 0 Å². The fraction of sp³-hybridized carbons (Fsp3) is 0.650. The molecule has 2 atom stereocenters. The predicted octanol–water partition coefficient (Wildman–Crippen LogP) is 2.90. The summed E-state index contributed by atoms with van der Waals surface area (Å²) in [5.41, 5.74) is 1.40. The zero-order valence-corrected chi connectivity index (χ0v) is 15.6. The lowest BCUT2D eigenvalue weighted by molar-refractivity contribution is 0.324. The standard InChI is InChI=1S/C20H34N4/c1-4-13-24-14-12-19(16-24)15-22-20(21-3)23-17(2)10-11-18-8-6-5-7-9-18/h5-9,17,19H,4,10-16H2,1-3H3,(H2,21,22,23). The van der Waals surface area contributed by atoms with Gasteiger partial charge in [0.2, 0.25) is 0 Å². The molecule has 1 aromatic carbocycles. The first kappa shape index (κ1) is 18.8. The van der Waals surface area contributed by atoms with E-state index in [2.05, 4.69) is 64.7 Å². The number of nitrogens with zero attached hydrogens (tertiary/aromatic N) is 2. The zero-order chi connectivity index (χ0) is 17.2. The highest BCUT2D eigenvalue weighted by Gasteiger charge is 2.21. The Morgan fingerprint density at radius 1 is 1.33 bits per heavy atom. The molecule has 0 aromatic heterocycles. The van der Waals surface area contributed by atoms with E-state index in [0.717, 1.165) is 31.3 Å². The summed E-state index contributed by atoms with van der Waals surface area (Å²) in [6, 6.07) is 11.1. The van der Waals surface area contributed by atoms with Gasteiger partial charge in [0, 0.05) is 26.2 Å². The van der Waals surface area contributed by atoms with Gasteiger partial charge in [-0.2, -0.15) is 0 Å². The lowest BCUT2D eigenvalue weighted by Crippen LogP contribution is -2.44. The lowest BCUT2D eigenvalue weighted by Gasteiger charge is -2.20. The van der Waals surface area contributed by atoms with Crippen molar-refractivity contribution in [3.63, 3.8) is 0 Å². The minimum Gasteiger partial charge on any atom is -0.356 e. The zero-order valence-electron chi connectivity index (χ0n) is 15.6. The van der Waals surface area contributed by atoms with Gasteiger partial charge < -0.3 is 15.5 Å². The maximum atomic E-state index is 4.38. The minimum absolute atomic E-state index is 0.413. The number of aryl methyl sites for hydroxylation is 1. The quantitative estimate of drug-likeness (QED) is 0.569. The molecule has 2 N–H and O–H groups in total. The van der Waals surface area contributed by atoms with Crippen molar-refractivity contribution in [1.82, 2.24) is 15.5 Å². The first-order valence-corrected chi connectivity index (χ1v) is 9.44. The van der Waals surface area contributed by atoms with E-state index < -0.39 is 0 Å². The highest BCUT2D eigenvalue weighted by atomic mass is 15.2. The summed E-state index contributed by atoms with van der Waals surface area (Å²) < 4.78 is 0. The Kier molecular flexibility index (Phi) is 8.10. The van der Waals surface area contributed by atoms with Crippen molar-refractivity contribution in [2.75, 3.05) is 33.2 Å². The molecule has 1 aliphatic rings. The van der Waals surface area contributed by atoms with E-state index in [0.29, 0.717) is 6.04 Å². The normalized spacial score (nSPS) is 20.1. The second-order valence-electron chi connectivity index (χ2n) is 6.98. The Bertz CT molecular complexity index is 486. The van der Waals surface area contributed by atoms with Crippen molar-refractivity contribution in [2.45, 2.75) is 45.6 Å². The van der Waals surface area contributed by atoms with Gasteiger partial charge in [0.25, 0.3) is 0 Å². The van der Waals surface area contributed by atoms with Crippen molar-refractivity contribution in [1.29, 1.82) is 0 Å². The monoisotopic (exact) mass is 330 g/mol. The number of hydrogen-bond donors (Lipinski definition) is 2. The van der Waals surface area contributed by atoms with Gasteiger partial charge in [0.15, 0.2) is 5.96 Å². The van der Waals surface area contributed by atoms with Gasteiger partial charge in [0.05, 0.1) is 0 Å². The average molecular weight is 331 g/mol. The number of rotatable bonds is 8. The molecule has 0 saturated carbocycles. The average Bonchev–Trinajstić information content (AvgIpc) is 3.05. The SMILES string of the molecule is CCCN1CCC(CNC(=NC)NC(C)CCc2ccccc2)C1. The Balaban J connectivity index is 1.66. The summed E-state index contributed by atoms with van der Waals surface area (Å²) in [7, 11) is 1.86. The number of aliphatic imine (C=N–C) groups is 1. The van der Waals surface area contributed by atoms with Crippen LogP contribution in [0.3, 0.4) is 0 Å². The van der Waals surface area contributed by atoms with Gasteiger partial charge in [-0.1, -0.05) is 37.3 Å². The number of guanidine groups is 1. The van der Waals surface area contributed by atoms with Crippen LogP contribution in [0.25, 0.3) is 0 Å². The molecule has 0 spiro atoms. The molecule has 1 saturated heterocycles. The smallest absolute Gasteiger partial charge is 0.191 e. The van der Waals surface area contributed by atoms with Gasteiger partial charge in [-0.15, -0.1) is 0 Å². The molecule has 0 aliphatic carbocycles. The fourth-order valence-electron chi connectivity index (χ4n) is 3.37. The van der Waals surface area contributed by atoms with Gasteiger partial charge in [0.1, 0.15) is 0 Å². The molecule has 1 aromatic rings. The Morgan fingerprint density at radius 3 is 2.83 bits per heavy atom. The molecule has 4 nitrogen and oxygen atoms in total. The second kappa shape index (κ2) is 10.3. The third-order valence-electron chi connectivity index (χ3n) is 4.78. The van der Waals surface area contributed by atoms with E-state index in [1.807, 2.05) is 7.05 Å². The highest BCUT2D eigenvalue weighted by Crippen LogP contribution is 2.15. The van der Waals surface area contributed by atoms with E-state index in [1.54, 1.807) is 0 Å². The third-order valence-corrected chi connectivity index (χ3v) is 4.78. The first-order valence-electron chi connectivity index (χ1n) is 9.44. The molecule has 134 valence electrons. The fourth-order valence-corrected chi connectivity index (χ4v) is 3.37. The van der Waals surface area contributed by atoms with Crippen LogP contribution in [0.5, 0.6) is 0 Å². The molecular weight excluding hydrogens is 296 g/mol. The van der Waals surface area contributed by atoms with E-state index in [-0.39, 0.29) is 0 Å². The predicted molar refractivity (Wildman–Crippen MR) is 104 cm³/mol. The molecule has 4 heteroatoms. The van der Waals surface area contributed by atoms with Crippen LogP contribution in [0.2, 0.25) is 0 Å². The molecule has 2 rings (SSSR count). The van der Waals surface area contributed by atoms with Crippen molar-refractivity contribution >= 4 is 5.96 Å². The maximum Gasteiger partial charge on any atom is 0.191 e. The molecule has 1 aliphatic heterocycles. The second-order valence-corrected chi connectivity index (χ2v) is 6.98. The molecule has 2 unspecified atom stereocenters. The maximum absolute atomic E-state index is 4.38. The highest BCUT2D eigenvalue weighted by molar-refractivity contribution is 5.79. The largest absolute Gasteiger partial charge is 0.356 e. The molecule has 1 fully saturated rings. The molecule has 0 radical (unpaired) electrons. The molecule has 0 amide bonds. The molecule has 24 heavy (non-hydrogen) atoms. The van der Waals surface area contributed by atoms with Gasteiger partial charge in [-0.05, 0) is 57.2 Å². The van der Waals surface area contributed by atoms with Crippen LogP contribution in [0.4, 0.5) is 0 Å². The van der Waals surface area contributed by atoms with Crippen molar-refractivity contribution in [3.05, 3.63) is 35.9 Å². The van der Waals surface area contributed by atoms with Crippen LogP contribution in [0.1, 0.15) is 38.7 Å². The molecule has 1 heterocycles. The van der Waals surface area contributed by atoms with Crippen LogP contribution in [-0.4, -0.2) is 50.1 Å². The summed E-state index contributed by atoms with van der Waals surface area (Å²) in [6.07, 6.45) is 4.76. The Hall–Kier alpha value is -1.55. The Morgan fingerprint density at radius 2 is 2.12 bits per heavy atom. The van der Waals surface area contributed by atoms with Crippen LogP contribution < -0.4 is 10.6 Å². The molecule has 0 bridgehead atoms. The Labute approximate surface area is 147 Å². The van der Waals surface area contributed by atoms with E-state index >= 15 is 0 Å². The van der Waals surface area contributed by atoms with E-state index in [1.165, 1.54) is 38.0 Å². The van der Waals surface area contributed by atoms with Gasteiger partial charge >= 0.3 is 0 Å². The topological polar surface area (TPSA) is 39.7 Å². The van der Waals surface area contributed by atoms with E-state index in [9.17, 15) is 0 Å². The summed E-state index contributed by atoms with van der Waals surface area (Å²) in [5, 5.41) is 7.04. The minimum atomic E-state index is 0.413. The number of nitrogens with one attached hydrogen (secondary N) is 2. The van der Waals surface area contributed by atoms with Crippen molar-refractivity contribution in [2.24, 2.45) is 10.9 Å². The summed E-state index contributed by atoms with van der Waals surface area (Å²) in [5.74, 6) is 1.68. The number of likely N-dealkylation sites (tertiary alicyclic amines) is 1. The van der Waals surface area contributed by atoms with Gasteiger partial charge in [-0.25, -0.2) is 0 Å². The summed E-state index contributed by atoms with van der Waals surface area (Å²) >= 11 is 0. The summed E-state index contributed by atoms with van der Waals surface area (Å²) in [4.78, 5) is 6.95. The first-order chi connectivity index (χ1) is 11.7. The third kappa shape index (κ3) is 6.52. The van der Waals surface area contributed by atoms with Crippen molar-refractivity contribution in [3.8, 4) is 0 Å². The lowest BCUT2D eigenvalue weighted by atomic mass is 10.1. The van der Waals surface area contributed by atoms with Crippen LogP contribution in [0.15, 0.2) is 35.3 Å². The van der Waals surface area contributed by atoms with E-state index in [4.69, 9.17) is 0 Å². The van der Waals surface area contributed by atoms with Crippen LogP contribution in [0, 0.1) is 5.92 Å². The van der Waals surface area contributed by atoms with Gasteiger partial charge in [-0.3, -0.25) is 4.99 Å². The number of hydrogen-bond acceptors (Lipinski definition) is 2. The summed E-state index contributed by atoms with van der Waals surface area (Å²) in [6.45, 7) is 9.22.